The van der Waals surface area contributed by atoms with Crippen LogP contribution in [0.5, 0.6) is 11.5 Å². The summed E-state index contributed by atoms with van der Waals surface area (Å²) in [4.78, 5) is 18.5. The summed E-state index contributed by atoms with van der Waals surface area (Å²) in [5.41, 5.74) is 0.336. The molecule has 1 aliphatic heterocycles. The third-order valence-corrected chi connectivity index (χ3v) is 2.63. The van der Waals surface area contributed by atoms with E-state index in [4.69, 9.17) is 21.1 Å². The maximum atomic E-state index is 11.7. The zero-order chi connectivity index (χ0) is 11.1. The summed E-state index contributed by atoms with van der Waals surface area (Å²) < 4.78 is 10.4. The van der Waals surface area contributed by atoms with E-state index in [1.165, 1.54) is 0 Å². The normalized spacial score (nSPS) is 13.3. The fraction of sp³-hybridized carbons (Fsp3) is 0.200. The lowest BCUT2D eigenvalue weighted by atomic mass is 10.2. The molecule has 1 aromatic heterocycles. The van der Waals surface area contributed by atoms with Crippen LogP contribution in [0.15, 0.2) is 16.9 Å². The van der Waals surface area contributed by atoms with E-state index in [1.807, 2.05) is 0 Å². The molecule has 0 unspecified atom stereocenters. The Balaban J connectivity index is 2.35. The van der Waals surface area contributed by atoms with Gasteiger partial charge in [-0.25, -0.2) is 4.98 Å². The van der Waals surface area contributed by atoms with E-state index in [9.17, 15) is 4.79 Å². The first-order valence-corrected chi connectivity index (χ1v) is 5.20. The second-order valence-corrected chi connectivity index (χ2v) is 3.64. The fourth-order valence-electron chi connectivity index (χ4n) is 1.64. The predicted octanol–water partition coefficient (Wildman–Crippen LogP) is 1.39. The summed E-state index contributed by atoms with van der Waals surface area (Å²) in [7, 11) is 0. The van der Waals surface area contributed by atoms with Gasteiger partial charge in [-0.2, -0.15) is 0 Å². The van der Waals surface area contributed by atoms with E-state index < -0.39 is 0 Å². The van der Waals surface area contributed by atoms with Crippen LogP contribution in [0.3, 0.4) is 0 Å². The molecule has 0 fully saturated rings. The largest absolute Gasteiger partial charge is 0.454 e. The Morgan fingerprint density at radius 3 is 2.88 bits per heavy atom. The zero-order valence-corrected chi connectivity index (χ0v) is 8.87. The summed E-state index contributed by atoms with van der Waals surface area (Å²) in [5, 5.41) is 0.470. The van der Waals surface area contributed by atoms with Gasteiger partial charge in [-0.15, -0.1) is 11.6 Å². The van der Waals surface area contributed by atoms with Crippen molar-refractivity contribution in [2.24, 2.45) is 0 Å². The average Bonchev–Trinajstić information content (AvgIpc) is 2.73. The number of hydrogen-bond acceptors (Lipinski definition) is 4. The second-order valence-electron chi connectivity index (χ2n) is 3.37. The minimum atomic E-state index is -0.223. The molecule has 1 aliphatic rings. The Labute approximate surface area is 95.0 Å². The number of alkyl halides is 1. The fourth-order valence-corrected chi connectivity index (χ4v) is 1.77. The van der Waals surface area contributed by atoms with Gasteiger partial charge < -0.3 is 14.5 Å². The highest BCUT2D eigenvalue weighted by Crippen LogP contribution is 2.34. The first kappa shape index (κ1) is 9.47. The minimum Gasteiger partial charge on any atom is -0.454 e. The van der Waals surface area contributed by atoms with Crippen molar-refractivity contribution in [3.8, 4) is 11.5 Å². The third kappa shape index (κ3) is 1.32. The quantitative estimate of drug-likeness (QED) is 0.763. The van der Waals surface area contributed by atoms with Crippen LogP contribution in [-0.2, 0) is 5.88 Å². The number of hydrogen-bond donors (Lipinski definition) is 1. The zero-order valence-electron chi connectivity index (χ0n) is 8.12. The lowest BCUT2D eigenvalue weighted by Gasteiger charge is -2.01. The summed E-state index contributed by atoms with van der Waals surface area (Å²) in [6.45, 7) is 0.173. The molecule has 5 nitrogen and oxygen atoms in total. The second kappa shape index (κ2) is 3.38. The molecule has 0 spiro atoms. The van der Waals surface area contributed by atoms with Gasteiger partial charge in [-0.1, -0.05) is 0 Å². The van der Waals surface area contributed by atoms with Crippen molar-refractivity contribution in [1.29, 1.82) is 0 Å². The van der Waals surface area contributed by atoms with Crippen molar-refractivity contribution < 1.29 is 9.47 Å². The van der Waals surface area contributed by atoms with E-state index in [-0.39, 0.29) is 18.2 Å². The number of H-pyrrole nitrogens is 1. The number of ether oxygens (including phenoxy) is 2. The van der Waals surface area contributed by atoms with E-state index in [0.29, 0.717) is 28.2 Å². The van der Waals surface area contributed by atoms with Crippen LogP contribution < -0.4 is 15.0 Å². The molecule has 2 aromatic rings. The van der Waals surface area contributed by atoms with Crippen LogP contribution in [0.1, 0.15) is 5.82 Å². The lowest BCUT2D eigenvalue weighted by molar-refractivity contribution is 0.174. The molecular formula is C10H7ClN2O3. The van der Waals surface area contributed by atoms with Gasteiger partial charge in [0.05, 0.1) is 16.8 Å². The van der Waals surface area contributed by atoms with Crippen molar-refractivity contribution >= 4 is 22.5 Å². The van der Waals surface area contributed by atoms with Gasteiger partial charge in [0.15, 0.2) is 11.5 Å². The molecule has 2 heterocycles. The van der Waals surface area contributed by atoms with Crippen molar-refractivity contribution in [2.75, 3.05) is 6.79 Å². The Bertz CT molecular complexity index is 623. The Hall–Kier alpha value is -1.75. The molecule has 0 bridgehead atoms. The van der Waals surface area contributed by atoms with E-state index in [2.05, 4.69) is 9.97 Å². The molecule has 16 heavy (non-hydrogen) atoms. The maximum absolute atomic E-state index is 11.7. The number of nitrogens with zero attached hydrogens (tertiary/aromatic N) is 1. The average molecular weight is 239 g/mol. The molecule has 0 aliphatic carbocycles. The number of aromatic amines is 1. The highest BCUT2D eigenvalue weighted by Gasteiger charge is 2.16. The summed E-state index contributed by atoms with van der Waals surface area (Å²) >= 11 is 5.63. The first-order chi connectivity index (χ1) is 7.78. The molecule has 0 saturated carbocycles. The van der Waals surface area contributed by atoms with Gasteiger partial charge in [0.2, 0.25) is 6.79 Å². The van der Waals surface area contributed by atoms with Gasteiger partial charge in [0, 0.05) is 6.07 Å². The van der Waals surface area contributed by atoms with Crippen LogP contribution in [0, 0.1) is 0 Å². The molecule has 0 saturated heterocycles. The summed E-state index contributed by atoms with van der Waals surface area (Å²) in [6.07, 6.45) is 0. The SMILES string of the molecule is O=c1[nH]c(CCl)nc2cc3c(cc12)OCO3. The number of rotatable bonds is 1. The molecule has 0 atom stereocenters. The lowest BCUT2D eigenvalue weighted by Crippen LogP contribution is -2.10. The predicted molar refractivity (Wildman–Crippen MR) is 58.0 cm³/mol. The minimum absolute atomic E-state index is 0.166. The molecule has 6 heteroatoms. The van der Waals surface area contributed by atoms with Crippen LogP contribution in [0.25, 0.3) is 10.9 Å². The number of benzene rings is 1. The Morgan fingerprint density at radius 2 is 2.12 bits per heavy atom. The highest BCUT2D eigenvalue weighted by molar-refractivity contribution is 6.16. The van der Waals surface area contributed by atoms with Gasteiger partial charge in [-0.3, -0.25) is 4.79 Å². The Morgan fingerprint density at radius 1 is 1.38 bits per heavy atom. The van der Waals surface area contributed by atoms with Crippen LogP contribution in [-0.4, -0.2) is 16.8 Å². The summed E-state index contributed by atoms with van der Waals surface area (Å²) in [6, 6.07) is 3.31. The van der Waals surface area contributed by atoms with E-state index in [0.717, 1.165) is 0 Å². The number of fused-ring (bicyclic) bond motifs is 2. The number of halogens is 1. The smallest absolute Gasteiger partial charge is 0.258 e. The monoisotopic (exact) mass is 238 g/mol. The highest BCUT2D eigenvalue weighted by atomic mass is 35.5. The Kier molecular flexibility index (Phi) is 2.00. The topological polar surface area (TPSA) is 64.2 Å². The van der Waals surface area contributed by atoms with Crippen LogP contribution >= 0.6 is 11.6 Å². The standard InChI is InChI=1S/C10H7ClN2O3/c11-3-9-12-6-2-8-7(15-4-16-8)1-5(6)10(14)13-9/h1-2H,3-4H2,(H,12,13,14). The van der Waals surface area contributed by atoms with Gasteiger partial charge in [0.25, 0.3) is 5.56 Å². The third-order valence-electron chi connectivity index (χ3n) is 2.38. The van der Waals surface area contributed by atoms with Gasteiger partial charge in [0.1, 0.15) is 5.82 Å². The number of aromatic nitrogens is 2. The molecule has 1 N–H and O–H groups in total. The van der Waals surface area contributed by atoms with E-state index in [1.54, 1.807) is 12.1 Å². The van der Waals surface area contributed by atoms with Crippen molar-refractivity contribution in [2.45, 2.75) is 5.88 Å². The molecule has 82 valence electrons. The van der Waals surface area contributed by atoms with Crippen molar-refractivity contribution in [3.63, 3.8) is 0 Å². The summed E-state index contributed by atoms with van der Waals surface area (Å²) in [5.74, 6) is 1.78. The van der Waals surface area contributed by atoms with Gasteiger partial charge in [-0.05, 0) is 6.07 Å². The first-order valence-electron chi connectivity index (χ1n) is 4.66. The molecule has 0 amide bonds. The van der Waals surface area contributed by atoms with Crippen molar-refractivity contribution in [3.05, 3.63) is 28.3 Å². The van der Waals surface area contributed by atoms with E-state index >= 15 is 0 Å². The van der Waals surface area contributed by atoms with Crippen LogP contribution in [0.4, 0.5) is 0 Å². The van der Waals surface area contributed by atoms with Crippen LogP contribution in [0.2, 0.25) is 0 Å². The molecular weight excluding hydrogens is 232 g/mol. The number of nitrogens with one attached hydrogen (secondary N) is 1. The molecule has 3 rings (SSSR count). The van der Waals surface area contributed by atoms with Crippen molar-refractivity contribution in [1.82, 2.24) is 9.97 Å². The maximum Gasteiger partial charge on any atom is 0.258 e. The molecule has 0 radical (unpaired) electrons. The van der Waals surface area contributed by atoms with Gasteiger partial charge >= 0.3 is 0 Å². The molecule has 1 aromatic carbocycles.